The predicted molar refractivity (Wildman–Crippen MR) is 49.2 cm³/mol. The lowest BCUT2D eigenvalue weighted by Gasteiger charge is -2.09. The van der Waals surface area contributed by atoms with Crippen LogP contribution in [-0.2, 0) is 13.0 Å². The van der Waals surface area contributed by atoms with Crippen LogP contribution in [0.2, 0.25) is 0 Å². The molecule has 3 N–H and O–H groups in total. The molecule has 0 atom stereocenters. The lowest BCUT2D eigenvalue weighted by atomic mass is 10.0. The Morgan fingerprint density at radius 1 is 1.53 bits per heavy atom. The number of halogens is 2. The molecule has 1 rings (SSSR count). The van der Waals surface area contributed by atoms with E-state index < -0.39 is 12.0 Å². The fraction of sp³-hybridized carbons (Fsp3) is 0.333. The molecule has 0 radical (unpaired) electrons. The van der Waals surface area contributed by atoms with Gasteiger partial charge in [0.05, 0.1) is 12.5 Å². The van der Waals surface area contributed by atoms with Gasteiger partial charge in [-0.3, -0.25) is 4.79 Å². The van der Waals surface area contributed by atoms with E-state index in [2.05, 4.69) is 4.98 Å². The Balaban J connectivity index is 3.43. The van der Waals surface area contributed by atoms with Gasteiger partial charge in [-0.15, -0.1) is 0 Å². The van der Waals surface area contributed by atoms with Gasteiger partial charge in [0.1, 0.15) is 0 Å². The minimum atomic E-state index is -2.73. The summed E-state index contributed by atoms with van der Waals surface area (Å²) >= 11 is 0. The third-order valence-corrected chi connectivity index (χ3v) is 2.04. The molecule has 1 aromatic heterocycles. The van der Waals surface area contributed by atoms with Crippen molar-refractivity contribution in [1.82, 2.24) is 4.98 Å². The molecular weight excluding hydrogens is 204 g/mol. The summed E-state index contributed by atoms with van der Waals surface area (Å²) in [6.07, 6.45) is -2.04. The van der Waals surface area contributed by atoms with E-state index in [-0.39, 0.29) is 29.7 Å². The molecular formula is C9H9F2N3O. The van der Waals surface area contributed by atoms with Gasteiger partial charge in [-0.1, -0.05) is 0 Å². The topological polar surface area (TPSA) is 82.7 Å². The summed E-state index contributed by atoms with van der Waals surface area (Å²) < 4.78 is 25.1. The van der Waals surface area contributed by atoms with Gasteiger partial charge in [0.25, 0.3) is 12.0 Å². The molecule has 15 heavy (non-hydrogen) atoms. The van der Waals surface area contributed by atoms with E-state index in [9.17, 15) is 13.6 Å². The fourth-order valence-electron chi connectivity index (χ4n) is 1.33. The van der Waals surface area contributed by atoms with Crippen molar-refractivity contribution >= 4 is 0 Å². The monoisotopic (exact) mass is 213 g/mol. The minimum Gasteiger partial charge on any atom is -0.328 e. The van der Waals surface area contributed by atoms with E-state index in [4.69, 9.17) is 11.0 Å². The average molecular weight is 213 g/mol. The van der Waals surface area contributed by atoms with Crippen LogP contribution in [0.1, 0.15) is 23.1 Å². The summed E-state index contributed by atoms with van der Waals surface area (Å²) in [4.78, 5) is 13.4. The summed E-state index contributed by atoms with van der Waals surface area (Å²) in [6, 6.07) is 1.74. The zero-order valence-corrected chi connectivity index (χ0v) is 7.76. The van der Waals surface area contributed by atoms with Crippen LogP contribution in [0.3, 0.4) is 0 Å². The number of hydrogen-bond donors (Lipinski definition) is 2. The number of alkyl halides is 2. The van der Waals surface area contributed by atoms with E-state index in [1.165, 1.54) is 0 Å². The van der Waals surface area contributed by atoms with Gasteiger partial charge in [0.15, 0.2) is 0 Å². The predicted octanol–water partition coefficient (Wildman–Crippen LogP) is 0.837. The van der Waals surface area contributed by atoms with Crippen LogP contribution in [0, 0.1) is 11.3 Å². The number of nitrogens with zero attached hydrogens (tertiary/aromatic N) is 1. The van der Waals surface area contributed by atoms with Gasteiger partial charge in [-0.05, 0) is 5.56 Å². The number of aromatic nitrogens is 1. The fourth-order valence-corrected chi connectivity index (χ4v) is 1.33. The first-order chi connectivity index (χ1) is 7.11. The Morgan fingerprint density at radius 3 is 2.67 bits per heavy atom. The Kier molecular flexibility index (Phi) is 3.52. The molecule has 0 amide bonds. The second-order valence-corrected chi connectivity index (χ2v) is 2.87. The molecule has 0 saturated carbocycles. The van der Waals surface area contributed by atoms with Gasteiger partial charge >= 0.3 is 0 Å². The molecule has 4 nitrogen and oxygen atoms in total. The third-order valence-electron chi connectivity index (χ3n) is 2.04. The highest BCUT2D eigenvalue weighted by molar-refractivity contribution is 5.34. The molecule has 6 heteroatoms. The van der Waals surface area contributed by atoms with E-state index >= 15 is 0 Å². The number of H-pyrrole nitrogens is 1. The van der Waals surface area contributed by atoms with Crippen molar-refractivity contribution < 1.29 is 8.78 Å². The first-order valence-corrected chi connectivity index (χ1v) is 4.20. The highest BCUT2D eigenvalue weighted by Gasteiger charge is 2.17. The maximum Gasteiger partial charge on any atom is 0.265 e. The number of hydrogen-bond acceptors (Lipinski definition) is 3. The zero-order valence-electron chi connectivity index (χ0n) is 7.76. The summed E-state index contributed by atoms with van der Waals surface area (Å²) in [7, 11) is 0. The van der Waals surface area contributed by atoms with E-state index in [0.717, 1.165) is 6.20 Å². The van der Waals surface area contributed by atoms with Crippen molar-refractivity contribution in [2.45, 2.75) is 19.4 Å². The molecule has 0 aliphatic rings. The first-order valence-electron chi connectivity index (χ1n) is 4.20. The van der Waals surface area contributed by atoms with Gasteiger partial charge in [0, 0.05) is 23.9 Å². The lowest BCUT2D eigenvalue weighted by molar-refractivity contribution is 0.150. The van der Waals surface area contributed by atoms with E-state index in [1.54, 1.807) is 6.07 Å². The van der Waals surface area contributed by atoms with Gasteiger partial charge < -0.3 is 10.7 Å². The molecule has 0 unspecified atom stereocenters. The standard InChI is InChI=1S/C9H9F2N3O/c10-8(11)7-4-14-9(15)6(3-13)5(7)1-2-12/h4,8H,1,3,13H2,(H,14,15). The van der Waals surface area contributed by atoms with Crippen LogP contribution in [0.25, 0.3) is 0 Å². The van der Waals surface area contributed by atoms with Gasteiger partial charge in [0.2, 0.25) is 0 Å². The molecule has 0 aliphatic heterocycles. The van der Waals surface area contributed by atoms with Crippen LogP contribution in [0.4, 0.5) is 8.78 Å². The van der Waals surface area contributed by atoms with Crippen molar-refractivity contribution in [1.29, 1.82) is 5.26 Å². The van der Waals surface area contributed by atoms with Crippen LogP contribution in [-0.4, -0.2) is 4.98 Å². The molecule has 80 valence electrons. The summed E-state index contributed by atoms with van der Waals surface area (Å²) in [5.74, 6) is 0. The quantitative estimate of drug-likeness (QED) is 0.780. The largest absolute Gasteiger partial charge is 0.328 e. The Hall–Kier alpha value is -1.74. The Labute approximate surface area is 84.3 Å². The van der Waals surface area contributed by atoms with Crippen molar-refractivity contribution in [3.63, 3.8) is 0 Å². The van der Waals surface area contributed by atoms with Crippen LogP contribution in [0.15, 0.2) is 11.0 Å². The summed E-state index contributed by atoms with van der Waals surface area (Å²) in [5.41, 5.74) is 4.51. The molecule has 0 aliphatic carbocycles. The lowest BCUT2D eigenvalue weighted by Crippen LogP contribution is -2.20. The first kappa shape index (κ1) is 11.3. The van der Waals surface area contributed by atoms with Gasteiger partial charge in [-0.25, -0.2) is 8.78 Å². The van der Waals surface area contributed by atoms with Crippen LogP contribution < -0.4 is 11.3 Å². The van der Waals surface area contributed by atoms with E-state index in [0.29, 0.717) is 0 Å². The summed E-state index contributed by atoms with van der Waals surface area (Å²) in [5, 5.41) is 8.49. The molecule has 0 spiro atoms. The second kappa shape index (κ2) is 4.66. The normalized spacial score (nSPS) is 10.3. The number of nitriles is 1. The van der Waals surface area contributed by atoms with Crippen molar-refractivity contribution in [3.8, 4) is 6.07 Å². The number of pyridine rings is 1. The van der Waals surface area contributed by atoms with E-state index in [1.807, 2.05) is 0 Å². The average Bonchev–Trinajstić information content (AvgIpc) is 2.18. The zero-order chi connectivity index (χ0) is 11.4. The van der Waals surface area contributed by atoms with Crippen molar-refractivity contribution in [2.24, 2.45) is 5.73 Å². The molecule has 1 heterocycles. The van der Waals surface area contributed by atoms with Crippen LogP contribution >= 0.6 is 0 Å². The minimum absolute atomic E-state index is 0.0405. The second-order valence-electron chi connectivity index (χ2n) is 2.87. The maximum absolute atomic E-state index is 12.5. The highest BCUT2D eigenvalue weighted by atomic mass is 19.3. The van der Waals surface area contributed by atoms with Crippen LogP contribution in [0.5, 0.6) is 0 Å². The molecule has 0 saturated heterocycles. The Morgan fingerprint density at radius 2 is 2.20 bits per heavy atom. The molecule has 1 aromatic rings. The van der Waals surface area contributed by atoms with Gasteiger partial charge in [-0.2, -0.15) is 5.26 Å². The smallest absolute Gasteiger partial charge is 0.265 e. The number of nitrogens with two attached hydrogens (primary N) is 1. The highest BCUT2D eigenvalue weighted by Crippen LogP contribution is 2.23. The van der Waals surface area contributed by atoms with Crippen molar-refractivity contribution in [3.05, 3.63) is 33.2 Å². The SMILES string of the molecule is N#CCc1c(C(F)F)c[nH]c(=O)c1CN. The Bertz CT molecular complexity index is 448. The summed E-state index contributed by atoms with van der Waals surface area (Å²) in [6.45, 7) is -0.160. The molecule has 0 aromatic carbocycles. The number of nitrogens with one attached hydrogen (secondary N) is 1. The molecule has 0 bridgehead atoms. The number of rotatable bonds is 3. The maximum atomic E-state index is 12.5. The van der Waals surface area contributed by atoms with Crippen molar-refractivity contribution in [2.75, 3.05) is 0 Å². The molecule has 0 fully saturated rings. The third kappa shape index (κ3) is 2.19. The number of aromatic amines is 1.